The summed E-state index contributed by atoms with van der Waals surface area (Å²) < 4.78 is 3.59. The Hall–Kier alpha value is -2.68. The lowest BCUT2D eigenvalue weighted by Crippen LogP contribution is -2.25. The number of carbonyl (C=O) groups is 1. The first-order valence-corrected chi connectivity index (χ1v) is 7.92. The Balaban J connectivity index is 1.54. The first kappa shape index (κ1) is 15.2. The van der Waals surface area contributed by atoms with Gasteiger partial charge in [0, 0.05) is 30.6 Å². The highest BCUT2D eigenvalue weighted by molar-refractivity contribution is 7.99. The molecule has 2 heterocycles. The molecular weight excluding hydrogens is 314 g/mol. The Kier molecular flexibility index (Phi) is 4.67. The van der Waals surface area contributed by atoms with Crippen LogP contribution in [0.15, 0.2) is 48.4 Å². The second-order valence-corrected chi connectivity index (χ2v) is 5.81. The Morgan fingerprint density at radius 1 is 1.22 bits per heavy atom. The van der Waals surface area contributed by atoms with Gasteiger partial charge in [0.15, 0.2) is 5.16 Å². The van der Waals surface area contributed by atoms with Crippen LogP contribution in [0.4, 0.5) is 0 Å². The molecule has 0 aliphatic heterocycles. The number of benzene rings is 1. The molecule has 1 N–H and O–H groups in total. The van der Waals surface area contributed by atoms with Crippen LogP contribution in [0, 0.1) is 0 Å². The van der Waals surface area contributed by atoms with E-state index in [0.29, 0.717) is 12.1 Å². The molecule has 0 saturated heterocycles. The molecule has 0 atom stereocenters. The van der Waals surface area contributed by atoms with Crippen LogP contribution >= 0.6 is 11.8 Å². The summed E-state index contributed by atoms with van der Waals surface area (Å²) in [7, 11) is 1.89. The van der Waals surface area contributed by atoms with Crippen molar-refractivity contribution in [2.75, 3.05) is 12.3 Å². The highest BCUT2D eigenvalue weighted by Crippen LogP contribution is 2.12. The maximum Gasteiger partial charge on any atom is 0.251 e. The molecular formula is C14H15N7OS. The van der Waals surface area contributed by atoms with E-state index in [2.05, 4.69) is 25.7 Å². The van der Waals surface area contributed by atoms with E-state index in [0.717, 1.165) is 16.6 Å². The van der Waals surface area contributed by atoms with Crippen LogP contribution in [0.2, 0.25) is 0 Å². The van der Waals surface area contributed by atoms with E-state index in [4.69, 9.17) is 0 Å². The molecule has 0 aliphatic rings. The molecule has 3 aromatic rings. The molecule has 0 saturated carbocycles. The van der Waals surface area contributed by atoms with Gasteiger partial charge in [-0.05, 0) is 18.2 Å². The van der Waals surface area contributed by atoms with Crippen LogP contribution in [0.25, 0.3) is 5.69 Å². The third-order valence-electron chi connectivity index (χ3n) is 3.11. The molecule has 0 fully saturated rings. The first-order chi connectivity index (χ1) is 11.2. The smallest absolute Gasteiger partial charge is 0.251 e. The molecule has 1 aromatic carbocycles. The lowest BCUT2D eigenvalue weighted by Gasteiger charge is -2.07. The number of hydrogen-bond donors (Lipinski definition) is 1. The number of nitrogens with zero attached hydrogens (tertiary/aromatic N) is 6. The summed E-state index contributed by atoms with van der Waals surface area (Å²) in [6, 6.07) is 7.30. The van der Waals surface area contributed by atoms with Crippen molar-refractivity contribution in [2.45, 2.75) is 5.16 Å². The fourth-order valence-electron chi connectivity index (χ4n) is 1.95. The Labute approximate surface area is 136 Å². The van der Waals surface area contributed by atoms with E-state index in [-0.39, 0.29) is 5.91 Å². The van der Waals surface area contributed by atoms with E-state index in [9.17, 15) is 4.79 Å². The number of aromatic nitrogens is 6. The summed E-state index contributed by atoms with van der Waals surface area (Å²) in [5, 5.41) is 19.0. The monoisotopic (exact) mass is 329 g/mol. The van der Waals surface area contributed by atoms with E-state index in [1.807, 2.05) is 23.7 Å². The predicted octanol–water partition coefficient (Wildman–Crippen LogP) is 0.918. The molecule has 3 rings (SSSR count). The van der Waals surface area contributed by atoms with Gasteiger partial charge in [-0.3, -0.25) is 9.36 Å². The number of hydrogen-bond acceptors (Lipinski definition) is 6. The summed E-state index contributed by atoms with van der Waals surface area (Å²) in [5.74, 6) is 0.613. The van der Waals surface area contributed by atoms with Crippen molar-refractivity contribution in [1.29, 1.82) is 0 Å². The van der Waals surface area contributed by atoms with Crippen LogP contribution in [-0.4, -0.2) is 47.7 Å². The number of thioether (sulfide) groups is 1. The third kappa shape index (κ3) is 3.75. The van der Waals surface area contributed by atoms with Crippen molar-refractivity contribution < 1.29 is 4.79 Å². The van der Waals surface area contributed by atoms with Gasteiger partial charge in [0.25, 0.3) is 5.91 Å². The van der Waals surface area contributed by atoms with Gasteiger partial charge in [-0.2, -0.15) is 0 Å². The maximum atomic E-state index is 12.2. The van der Waals surface area contributed by atoms with Crippen LogP contribution in [0.1, 0.15) is 10.4 Å². The summed E-state index contributed by atoms with van der Waals surface area (Å²) in [5.41, 5.74) is 1.44. The van der Waals surface area contributed by atoms with Gasteiger partial charge in [0.1, 0.15) is 19.0 Å². The second-order valence-electron chi connectivity index (χ2n) is 4.75. The normalized spacial score (nSPS) is 10.7. The van der Waals surface area contributed by atoms with Gasteiger partial charge < -0.3 is 9.88 Å². The standard InChI is InChI=1S/C14H15N7OS/c1-20-8-18-19-14(20)23-6-5-15-13(22)11-3-2-4-12(7-11)21-9-16-17-10-21/h2-4,7-10H,5-6H2,1H3,(H,15,22). The molecule has 2 aromatic heterocycles. The first-order valence-electron chi connectivity index (χ1n) is 6.94. The van der Waals surface area contributed by atoms with Crippen molar-refractivity contribution in [3.8, 4) is 5.69 Å². The van der Waals surface area contributed by atoms with Gasteiger partial charge in [0.05, 0.1) is 0 Å². The fraction of sp³-hybridized carbons (Fsp3) is 0.214. The van der Waals surface area contributed by atoms with Gasteiger partial charge in [-0.25, -0.2) is 0 Å². The van der Waals surface area contributed by atoms with Crippen molar-refractivity contribution >= 4 is 17.7 Å². The highest BCUT2D eigenvalue weighted by Gasteiger charge is 2.07. The van der Waals surface area contributed by atoms with Crippen molar-refractivity contribution in [3.63, 3.8) is 0 Å². The van der Waals surface area contributed by atoms with Gasteiger partial charge in [-0.1, -0.05) is 17.8 Å². The molecule has 1 amide bonds. The zero-order valence-corrected chi connectivity index (χ0v) is 13.3. The molecule has 8 nitrogen and oxygen atoms in total. The summed E-state index contributed by atoms with van der Waals surface area (Å²) in [4.78, 5) is 12.2. The molecule has 9 heteroatoms. The fourth-order valence-corrected chi connectivity index (χ4v) is 2.70. The molecule has 0 radical (unpaired) electrons. The summed E-state index contributed by atoms with van der Waals surface area (Å²) in [6.45, 7) is 0.549. The number of rotatable bonds is 6. The quantitative estimate of drug-likeness (QED) is 0.534. The highest BCUT2D eigenvalue weighted by atomic mass is 32.2. The average Bonchev–Trinajstić information content (AvgIpc) is 3.23. The summed E-state index contributed by atoms with van der Waals surface area (Å²) >= 11 is 1.55. The lowest BCUT2D eigenvalue weighted by molar-refractivity contribution is 0.0956. The van der Waals surface area contributed by atoms with Crippen LogP contribution < -0.4 is 5.32 Å². The van der Waals surface area contributed by atoms with Gasteiger partial charge in [-0.15, -0.1) is 20.4 Å². The third-order valence-corrected chi connectivity index (χ3v) is 4.15. The molecule has 0 unspecified atom stereocenters. The van der Waals surface area contributed by atoms with E-state index >= 15 is 0 Å². The number of carbonyl (C=O) groups excluding carboxylic acids is 1. The maximum absolute atomic E-state index is 12.2. The molecule has 0 aliphatic carbocycles. The number of nitrogens with one attached hydrogen (secondary N) is 1. The molecule has 118 valence electrons. The molecule has 0 spiro atoms. The zero-order valence-electron chi connectivity index (χ0n) is 12.5. The Morgan fingerprint density at radius 3 is 2.78 bits per heavy atom. The van der Waals surface area contributed by atoms with Crippen molar-refractivity contribution in [3.05, 3.63) is 48.8 Å². The number of aryl methyl sites for hydroxylation is 1. The van der Waals surface area contributed by atoms with E-state index in [1.54, 1.807) is 47.4 Å². The Morgan fingerprint density at radius 2 is 2.04 bits per heavy atom. The second kappa shape index (κ2) is 7.05. The molecule has 23 heavy (non-hydrogen) atoms. The minimum Gasteiger partial charge on any atom is -0.351 e. The minimum absolute atomic E-state index is 0.113. The largest absolute Gasteiger partial charge is 0.351 e. The lowest BCUT2D eigenvalue weighted by atomic mass is 10.2. The SMILES string of the molecule is Cn1cnnc1SCCNC(=O)c1cccc(-n2cnnc2)c1. The van der Waals surface area contributed by atoms with E-state index in [1.165, 1.54) is 0 Å². The van der Waals surface area contributed by atoms with Gasteiger partial charge >= 0.3 is 0 Å². The topological polar surface area (TPSA) is 90.5 Å². The van der Waals surface area contributed by atoms with Gasteiger partial charge in [0.2, 0.25) is 0 Å². The summed E-state index contributed by atoms with van der Waals surface area (Å²) in [6.07, 6.45) is 4.83. The number of amides is 1. The van der Waals surface area contributed by atoms with Crippen LogP contribution in [-0.2, 0) is 7.05 Å². The minimum atomic E-state index is -0.113. The average molecular weight is 329 g/mol. The molecule has 0 bridgehead atoms. The van der Waals surface area contributed by atoms with Crippen LogP contribution in [0.5, 0.6) is 0 Å². The predicted molar refractivity (Wildman–Crippen MR) is 85.4 cm³/mol. The van der Waals surface area contributed by atoms with Crippen LogP contribution in [0.3, 0.4) is 0 Å². The van der Waals surface area contributed by atoms with Crippen molar-refractivity contribution in [2.24, 2.45) is 7.05 Å². The van der Waals surface area contributed by atoms with E-state index < -0.39 is 0 Å². The zero-order chi connectivity index (χ0) is 16.1. The Bertz CT molecular complexity index is 784. The van der Waals surface area contributed by atoms with Crippen molar-refractivity contribution in [1.82, 2.24) is 34.8 Å².